The normalized spacial score (nSPS) is 17.1. The first-order chi connectivity index (χ1) is 11.5. The molecule has 1 saturated heterocycles. The van der Waals surface area contributed by atoms with Crippen LogP contribution >= 0.6 is 0 Å². The van der Waals surface area contributed by atoms with E-state index < -0.39 is 17.2 Å². The fourth-order valence-electron chi connectivity index (χ4n) is 2.92. The van der Waals surface area contributed by atoms with Gasteiger partial charge in [-0.1, -0.05) is 18.2 Å². The lowest BCUT2D eigenvalue weighted by atomic mass is 10.1. The van der Waals surface area contributed by atoms with E-state index in [2.05, 4.69) is 0 Å². The van der Waals surface area contributed by atoms with Crippen molar-refractivity contribution in [2.75, 3.05) is 6.61 Å². The summed E-state index contributed by atoms with van der Waals surface area (Å²) in [6.45, 7) is 2.12. The van der Waals surface area contributed by atoms with Gasteiger partial charge in [0.25, 0.3) is 5.56 Å². The summed E-state index contributed by atoms with van der Waals surface area (Å²) in [6, 6.07) is 6.35. The Hall–Kier alpha value is -2.67. The Bertz CT molecular complexity index is 891. The molecule has 2 aromatic rings. The van der Waals surface area contributed by atoms with Gasteiger partial charge < -0.3 is 9.84 Å². The Balaban J connectivity index is 2.10. The topological polar surface area (TPSA) is 90.5 Å². The van der Waals surface area contributed by atoms with E-state index in [9.17, 15) is 19.5 Å². The fourth-order valence-corrected chi connectivity index (χ4v) is 2.92. The number of benzene rings is 1. The standard InChI is InChI=1S/C17H18N2O5/c1-11-9-18(14-7-4-8-24-14)17(23)19(15(11)20)10-12-5-2-3-6-13(12)16(21)22/h2-3,5-6,9,14H,4,7-8,10H2,1H3,(H,21,22). The Labute approximate surface area is 137 Å². The minimum absolute atomic E-state index is 0.0778. The van der Waals surface area contributed by atoms with Crippen molar-refractivity contribution in [1.29, 1.82) is 0 Å². The lowest BCUT2D eigenvalue weighted by Crippen LogP contribution is -2.42. The van der Waals surface area contributed by atoms with Crippen LogP contribution in [0, 0.1) is 6.92 Å². The molecule has 1 aromatic heterocycles. The number of carboxylic acids is 1. The van der Waals surface area contributed by atoms with E-state index in [0.717, 1.165) is 11.0 Å². The van der Waals surface area contributed by atoms with E-state index in [0.29, 0.717) is 24.2 Å². The summed E-state index contributed by atoms with van der Waals surface area (Å²) in [7, 11) is 0. The third-order valence-electron chi connectivity index (χ3n) is 4.16. The maximum atomic E-state index is 12.7. The highest BCUT2D eigenvalue weighted by atomic mass is 16.5. The van der Waals surface area contributed by atoms with Gasteiger partial charge in [0.15, 0.2) is 0 Å². The van der Waals surface area contributed by atoms with Gasteiger partial charge in [-0.3, -0.25) is 13.9 Å². The highest BCUT2D eigenvalue weighted by molar-refractivity contribution is 5.89. The highest BCUT2D eigenvalue weighted by Crippen LogP contribution is 2.20. The van der Waals surface area contributed by atoms with Crippen LogP contribution in [0.25, 0.3) is 0 Å². The number of hydrogen-bond acceptors (Lipinski definition) is 4. The lowest BCUT2D eigenvalue weighted by Gasteiger charge is -2.17. The van der Waals surface area contributed by atoms with Crippen molar-refractivity contribution in [3.63, 3.8) is 0 Å². The smallest absolute Gasteiger partial charge is 0.336 e. The molecular weight excluding hydrogens is 312 g/mol. The predicted molar refractivity (Wildman–Crippen MR) is 86.4 cm³/mol. The minimum Gasteiger partial charge on any atom is -0.478 e. The number of carbonyl (C=O) groups is 1. The fraction of sp³-hybridized carbons (Fsp3) is 0.353. The van der Waals surface area contributed by atoms with Crippen LogP contribution in [0.2, 0.25) is 0 Å². The average Bonchev–Trinajstić information content (AvgIpc) is 3.09. The monoisotopic (exact) mass is 330 g/mol. The second-order valence-electron chi connectivity index (χ2n) is 5.82. The molecule has 24 heavy (non-hydrogen) atoms. The highest BCUT2D eigenvalue weighted by Gasteiger charge is 2.21. The molecule has 7 heteroatoms. The third kappa shape index (κ3) is 2.90. The molecule has 3 rings (SSSR count). The summed E-state index contributed by atoms with van der Waals surface area (Å²) in [6.07, 6.45) is 2.71. The van der Waals surface area contributed by atoms with Gasteiger partial charge in [0.2, 0.25) is 0 Å². The molecule has 2 heterocycles. The average molecular weight is 330 g/mol. The van der Waals surface area contributed by atoms with Gasteiger partial charge in [0.05, 0.1) is 12.1 Å². The predicted octanol–water partition coefficient (Wildman–Crippen LogP) is 1.37. The van der Waals surface area contributed by atoms with E-state index in [4.69, 9.17) is 4.74 Å². The lowest BCUT2D eigenvalue weighted by molar-refractivity contribution is 0.0512. The van der Waals surface area contributed by atoms with E-state index in [1.165, 1.54) is 16.8 Å². The van der Waals surface area contributed by atoms with E-state index in [1.54, 1.807) is 25.1 Å². The quantitative estimate of drug-likeness (QED) is 0.914. The van der Waals surface area contributed by atoms with Gasteiger partial charge in [-0.05, 0) is 31.4 Å². The Morgan fingerprint density at radius 2 is 2.08 bits per heavy atom. The van der Waals surface area contributed by atoms with Gasteiger partial charge >= 0.3 is 11.7 Å². The Morgan fingerprint density at radius 1 is 1.33 bits per heavy atom. The van der Waals surface area contributed by atoms with Crippen LogP contribution in [-0.2, 0) is 11.3 Å². The van der Waals surface area contributed by atoms with Crippen molar-refractivity contribution < 1.29 is 14.6 Å². The van der Waals surface area contributed by atoms with Crippen molar-refractivity contribution in [2.24, 2.45) is 0 Å². The number of hydrogen-bond donors (Lipinski definition) is 1. The van der Waals surface area contributed by atoms with Crippen LogP contribution in [0.3, 0.4) is 0 Å². The molecule has 1 aliphatic heterocycles. The summed E-state index contributed by atoms with van der Waals surface area (Å²) in [5.74, 6) is -1.09. The molecule has 1 N–H and O–H groups in total. The van der Waals surface area contributed by atoms with E-state index in [1.807, 2.05) is 0 Å². The minimum atomic E-state index is -1.09. The maximum absolute atomic E-state index is 12.7. The first kappa shape index (κ1) is 16.2. The summed E-state index contributed by atoms with van der Waals surface area (Å²) >= 11 is 0. The second-order valence-corrected chi connectivity index (χ2v) is 5.82. The van der Waals surface area contributed by atoms with Gasteiger partial charge in [-0.2, -0.15) is 0 Å². The van der Waals surface area contributed by atoms with E-state index in [-0.39, 0.29) is 18.3 Å². The largest absolute Gasteiger partial charge is 0.478 e. The summed E-state index contributed by atoms with van der Waals surface area (Å²) < 4.78 is 8.03. The van der Waals surface area contributed by atoms with Crippen molar-refractivity contribution in [3.05, 3.63) is 68.0 Å². The number of aromatic carboxylic acids is 1. The summed E-state index contributed by atoms with van der Waals surface area (Å²) in [4.78, 5) is 36.5. The molecule has 7 nitrogen and oxygen atoms in total. The zero-order chi connectivity index (χ0) is 17.3. The third-order valence-corrected chi connectivity index (χ3v) is 4.16. The van der Waals surface area contributed by atoms with Crippen molar-refractivity contribution in [2.45, 2.75) is 32.5 Å². The number of ether oxygens (including phenoxy) is 1. The van der Waals surface area contributed by atoms with Gasteiger partial charge in [-0.25, -0.2) is 9.59 Å². The number of nitrogens with zero attached hydrogens (tertiary/aromatic N) is 2. The van der Waals surface area contributed by atoms with Gasteiger partial charge in [0.1, 0.15) is 6.23 Å². The maximum Gasteiger partial charge on any atom is 0.336 e. The zero-order valence-electron chi connectivity index (χ0n) is 13.3. The Kier molecular flexibility index (Phi) is 4.35. The number of aryl methyl sites for hydroxylation is 1. The van der Waals surface area contributed by atoms with Crippen molar-refractivity contribution in [1.82, 2.24) is 9.13 Å². The number of aromatic nitrogens is 2. The summed E-state index contributed by atoms with van der Waals surface area (Å²) in [5.41, 5.74) is -0.00676. The van der Waals surface area contributed by atoms with Crippen LogP contribution in [0.1, 0.15) is 40.6 Å². The molecule has 0 spiro atoms. The number of carboxylic acid groups (broad SMARTS) is 1. The second kappa shape index (κ2) is 6.45. The molecule has 1 aromatic carbocycles. The molecule has 0 bridgehead atoms. The molecule has 1 atom stereocenters. The molecule has 0 saturated carbocycles. The van der Waals surface area contributed by atoms with Gasteiger partial charge in [-0.15, -0.1) is 0 Å². The first-order valence-corrected chi connectivity index (χ1v) is 7.74. The molecule has 126 valence electrons. The van der Waals surface area contributed by atoms with Gasteiger partial charge in [0, 0.05) is 18.4 Å². The van der Waals surface area contributed by atoms with Crippen LogP contribution < -0.4 is 11.2 Å². The molecule has 0 aliphatic carbocycles. The number of rotatable bonds is 4. The van der Waals surface area contributed by atoms with Crippen LogP contribution in [0.5, 0.6) is 0 Å². The molecule has 0 radical (unpaired) electrons. The molecule has 0 amide bonds. The summed E-state index contributed by atoms with van der Waals surface area (Å²) in [5, 5.41) is 9.27. The van der Waals surface area contributed by atoms with Crippen molar-refractivity contribution >= 4 is 5.97 Å². The Morgan fingerprint density at radius 3 is 2.75 bits per heavy atom. The van der Waals surface area contributed by atoms with Crippen LogP contribution in [0.4, 0.5) is 0 Å². The van der Waals surface area contributed by atoms with Crippen molar-refractivity contribution in [3.8, 4) is 0 Å². The van der Waals surface area contributed by atoms with E-state index >= 15 is 0 Å². The zero-order valence-corrected chi connectivity index (χ0v) is 13.3. The first-order valence-electron chi connectivity index (χ1n) is 7.74. The molecular formula is C17H18N2O5. The molecule has 1 unspecified atom stereocenters. The molecule has 1 aliphatic rings. The van der Waals surface area contributed by atoms with Crippen LogP contribution in [0.15, 0.2) is 40.1 Å². The molecule has 1 fully saturated rings. The van der Waals surface area contributed by atoms with Crippen LogP contribution in [-0.4, -0.2) is 26.8 Å². The SMILES string of the molecule is Cc1cn(C2CCCO2)c(=O)n(Cc2ccccc2C(=O)O)c1=O.